The van der Waals surface area contributed by atoms with Crippen LogP contribution in [0.4, 0.5) is 0 Å². The molecule has 1 nitrogen and oxygen atoms in total. The Morgan fingerprint density at radius 2 is 2.15 bits per heavy atom. The maximum atomic E-state index is 5.42. The molecular weight excluding hydrogens is 160 g/mol. The van der Waals surface area contributed by atoms with Gasteiger partial charge in [-0.2, -0.15) is 0 Å². The van der Waals surface area contributed by atoms with Crippen molar-refractivity contribution < 1.29 is 4.42 Å². The number of allylic oxidation sites excluding steroid dienone is 1. The van der Waals surface area contributed by atoms with Crippen LogP contribution in [0.3, 0.4) is 0 Å². The van der Waals surface area contributed by atoms with Crippen LogP contribution in [0.2, 0.25) is 0 Å². The molecule has 0 atom stereocenters. The quantitative estimate of drug-likeness (QED) is 0.673. The topological polar surface area (TPSA) is 13.1 Å². The summed E-state index contributed by atoms with van der Waals surface area (Å²) < 4.78 is 5.42. The molecule has 0 spiro atoms. The molecule has 0 aliphatic heterocycles. The van der Waals surface area contributed by atoms with Gasteiger partial charge in [-0.1, -0.05) is 32.6 Å². The van der Waals surface area contributed by atoms with Crippen LogP contribution < -0.4 is 10.6 Å². The minimum atomic E-state index is 0.489. The average Bonchev–Trinajstić information content (AvgIpc) is 2.48. The van der Waals surface area contributed by atoms with Crippen molar-refractivity contribution in [3.63, 3.8) is 0 Å². The third kappa shape index (κ3) is 1.92. The van der Waals surface area contributed by atoms with Crippen molar-refractivity contribution in [2.24, 2.45) is 0 Å². The molecule has 0 fully saturated rings. The molecule has 70 valence electrons. The minimum absolute atomic E-state index is 0.489. The van der Waals surface area contributed by atoms with Gasteiger partial charge in [0.1, 0.15) is 5.42 Å². The summed E-state index contributed by atoms with van der Waals surface area (Å²) in [6, 6.07) is 0. The zero-order chi connectivity index (χ0) is 9.84. The van der Waals surface area contributed by atoms with Crippen LogP contribution >= 0.6 is 0 Å². The molecule has 0 aliphatic carbocycles. The first-order chi connectivity index (χ1) is 6.20. The van der Waals surface area contributed by atoms with Gasteiger partial charge in [-0.25, -0.2) is 0 Å². The van der Waals surface area contributed by atoms with E-state index in [0.29, 0.717) is 5.92 Å². The Kier molecular flexibility index (Phi) is 3.13. The number of hydrogen-bond donors (Lipinski definition) is 0. The van der Waals surface area contributed by atoms with Gasteiger partial charge in [0, 0.05) is 10.8 Å². The summed E-state index contributed by atoms with van der Waals surface area (Å²) in [6.07, 6.45) is 7.59. The molecule has 0 saturated heterocycles. The van der Waals surface area contributed by atoms with Crippen molar-refractivity contribution in [3.8, 4) is 0 Å². The first-order valence-electron chi connectivity index (χ1n) is 4.57. The molecule has 0 saturated carbocycles. The Labute approximate surface area is 79.1 Å². The molecule has 1 heterocycles. The Balaban J connectivity index is 3.49. The zero-order valence-corrected chi connectivity index (χ0v) is 8.50. The van der Waals surface area contributed by atoms with Crippen LogP contribution in [-0.2, 0) is 0 Å². The van der Waals surface area contributed by atoms with Crippen LogP contribution in [-0.4, -0.2) is 0 Å². The summed E-state index contributed by atoms with van der Waals surface area (Å²) in [5, 5.41) is 1.16. The highest BCUT2D eigenvalue weighted by Gasteiger charge is 2.04. The first kappa shape index (κ1) is 9.85. The molecule has 1 aromatic rings. The Morgan fingerprint density at radius 3 is 2.62 bits per heavy atom. The van der Waals surface area contributed by atoms with Crippen LogP contribution in [0.25, 0.3) is 12.2 Å². The van der Waals surface area contributed by atoms with Crippen molar-refractivity contribution in [1.82, 2.24) is 0 Å². The number of rotatable bonds is 2. The van der Waals surface area contributed by atoms with Gasteiger partial charge in [-0.15, -0.1) is 0 Å². The second kappa shape index (κ2) is 4.13. The van der Waals surface area contributed by atoms with E-state index in [4.69, 9.17) is 4.42 Å². The van der Waals surface area contributed by atoms with Gasteiger partial charge >= 0.3 is 0 Å². The largest absolute Gasteiger partial charge is 0.464 e. The zero-order valence-electron chi connectivity index (χ0n) is 8.50. The fourth-order valence-electron chi connectivity index (χ4n) is 1.36. The molecule has 1 rings (SSSR count). The predicted octanol–water partition coefficient (Wildman–Crippen LogP) is 2.17. The SMILES string of the molecule is C=C/C=c1/c(C(C)C)co/c1=C/C. The smallest absolute Gasteiger partial charge is 0.129 e. The van der Waals surface area contributed by atoms with Crippen LogP contribution in [0.1, 0.15) is 32.3 Å². The van der Waals surface area contributed by atoms with Gasteiger partial charge in [-0.05, 0) is 18.9 Å². The molecule has 1 heteroatoms. The van der Waals surface area contributed by atoms with Crippen LogP contribution in [0, 0.1) is 0 Å². The molecule has 0 bridgehead atoms. The van der Waals surface area contributed by atoms with E-state index < -0.39 is 0 Å². The lowest BCUT2D eigenvalue weighted by molar-refractivity contribution is 0.527. The number of furan rings is 1. The Morgan fingerprint density at radius 1 is 1.46 bits per heavy atom. The van der Waals surface area contributed by atoms with Gasteiger partial charge < -0.3 is 4.42 Å². The molecule has 0 aromatic carbocycles. The predicted molar refractivity (Wildman–Crippen MR) is 56.8 cm³/mol. The second-order valence-corrected chi connectivity index (χ2v) is 3.31. The van der Waals surface area contributed by atoms with E-state index in [2.05, 4.69) is 20.4 Å². The highest BCUT2D eigenvalue weighted by atomic mass is 16.3. The van der Waals surface area contributed by atoms with Gasteiger partial charge in [-0.3, -0.25) is 0 Å². The molecule has 0 radical (unpaired) electrons. The van der Waals surface area contributed by atoms with E-state index in [1.165, 1.54) is 5.56 Å². The summed E-state index contributed by atoms with van der Waals surface area (Å²) >= 11 is 0. The summed E-state index contributed by atoms with van der Waals surface area (Å²) in [6.45, 7) is 9.99. The normalized spacial score (nSPS) is 14.2. The lowest BCUT2D eigenvalue weighted by atomic mass is 10.0. The summed E-state index contributed by atoms with van der Waals surface area (Å²) in [5.74, 6) is 0.489. The minimum Gasteiger partial charge on any atom is -0.464 e. The van der Waals surface area contributed by atoms with Gasteiger partial charge in [0.05, 0.1) is 6.26 Å². The Bertz CT molecular complexity index is 393. The first-order valence-corrected chi connectivity index (χ1v) is 4.57. The summed E-state index contributed by atoms with van der Waals surface area (Å²) in [4.78, 5) is 0. The highest BCUT2D eigenvalue weighted by Crippen LogP contribution is 2.07. The highest BCUT2D eigenvalue weighted by molar-refractivity contribution is 5.39. The number of hydrogen-bond acceptors (Lipinski definition) is 1. The molecule has 0 amide bonds. The van der Waals surface area contributed by atoms with Crippen molar-refractivity contribution in [3.05, 3.63) is 35.1 Å². The maximum Gasteiger partial charge on any atom is 0.129 e. The van der Waals surface area contributed by atoms with Gasteiger partial charge in [0.25, 0.3) is 0 Å². The lowest BCUT2D eigenvalue weighted by Gasteiger charge is -1.97. The van der Waals surface area contributed by atoms with Crippen LogP contribution in [0.15, 0.2) is 23.3 Å². The molecule has 0 aliphatic rings. The summed E-state index contributed by atoms with van der Waals surface area (Å²) in [7, 11) is 0. The van der Waals surface area contributed by atoms with Crippen molar-refractivity contribution in [1.29, 1.82) is 0 Å². The monoisotopic (exact) mass is 176 g/mol. The average molecular weight is 176 g/mol. The van der Waals surface area contributed by atoms with E-state index in [-0.39, 0.29) is 0 Å². The molecule has 1 aromatic heterocycles. The van der Waals surface area contributed by atoms with E-state index in [0.717, 1.165) is 10.6 Å². The van der Waals surface area contributed by atoms with E-state index >= 15 is 0 Å². The molecular formula is C12H16O. The van der Waals surface area contributed by atoms with Gasteiger partial charge in [0.15, 0.2) is 0 Å². The van der Waals surface area contributed by atoms with E-state index in [9.17, 15) is 0 Å². The fourth-order valence-corrected chi connectivity index (χ4v) is 1.36. The third-order valence-corrected chi connectivity index (χ3v) is 2.06. The van der Waals surface area contributed by atoms with Crippen LogP contribution in [0.5, 0.6) is 0 Å². The molecule has 0 N–H and O–H groups in total. The van der Waals surface area contributed by atoms with Crippen molar-refractivity contribution in [2.45, 2.75) is 26.7 Å². The van der Waals surface area contributed by atoms with Crippen molar-refractivity contribution in [2.75, 3.05) is 0 Å². The Hall–Kier alpha value is -1.24. The second-order valence-electron chi connectivity index (χ2n) is 3.31. The lowest BCUT2D eigenvalue weighted by Crippen LogP contribution is -2.22. The molecule has 0 unspecified atom stereocenters. The van der Waals surface area contributed by atoms with Gasteiger partial charge in [0.2, 0.25) is 0 Å². The maximum absolute atomic E-state index is 5.42. The molecule has 13 heavy (non-hydrogen) atoms. The fraction of sp³-hybridized carbons (Fsp3) is 0.333. The summed E-state index contributed by atoms with van der Waals surface area (Å²) in [5.41, 5.74) is 2.18. The van der Waals surface area contributed by atoms with E-state index in [1.807, 2.05) is 25.3 Å². The standard InChI is InChI=1S/C12H16O/c1-5-7-10-11(9(3)4)8-13-12(10)6-2/h5-9H,1H2,2-4H3/b10-7-,12-6+. The third-order valence-electron chi connectivity index (χ3n) is 2.06. The van der Waals surface area contributed by atoms with Crippen molar-refractivity contribution >= 4 is 12.2 Å². The van der Waals surface area contributed by atoms with E-state index in [1.54, 1.807) is 6.08 Å².